The topological polar surface area (TPSA) is 95.5 Å². The van der Waals surface area contributed by atoms with Crippen molar-refractivity contribution >= 4 is 34.1 Å². The number of carboxylic acid groups (broad SMARTS) is 1. The molecule has 0 spiro atoms. The van der Waals surface area contributed by atoms with Crippen molar-refractivity contribution in [3.8, 4) is 0 Å². The van der Waals surface area contributed by atoms with Gasteiger partial charge in [-0.05, 0) is 25.3 Å². The molecule has 7 heteroatoms. The number of carbonyl (C=O) groups excluding carboxylic acids is 2. The number of hydrogen-bond donors (Lipinski definition) is 3. The van der Waals surface area contributed by atoms with E-state index in [0.29, 0.717) is 17.0 Å². The minimum absolute atomic E-state index is 0.189. The van der Waals surface area contributed by atoms with Gasteiger partial charge in [0.05, 0.1) is 5.56 Å². The van der Waals surface area contributed by atoms with Gasteiger partial charge in [0.15, 0.2) is 0 Å². The fraction of sp³-hybridized carbons (Fsp3) is 0.533. The molecule has 3 N–H and O–H groups in total. The molecule has 0 aromatic carbocycles. The highest BCUT2D eigenvalue weighted by molar-refractivity contribution is 7.16. The maximum atomic E-state index is 12.5. The zero-order chi connectivity index (χ0) is 17.0. The van der Waals surface area contributed by atoms with Gasteiger partial charge in [-0.2, -0.15) is 0 Å². The van der Waals surface area contributed by atoms with E-state index < -0.39 is 17.9 Å². The van der Waals surface area contributed by atoms with Gasteiger partial charge in [0.25, 0.3) is 5.91 Å². The zero-order valence-corrected chi connectivity index (χ0v) is 14.3. The van der Waals surface area contributed by atoms with Crippen molar-refractivity contribution in [1.29, 1.82) is 0 Å². The van der Waals surface area contributed by atoms with Crippen LogP contribution in [0.25, 0.3) is 0 Å². The molecule has 1 aromatic heterocycles. The molecule has 1 heterocycles. The van der Waals surface area contributed by atoms with E-state index in [9.17, 15) is 19.5 Å². The molecule has 0 saturated heterocycles. The van der Waals surface area contributed by atoms with Gasteiger partial charge >= 0.3 is 5.97 Å². The molecule has 6 nitrogen and oxygen atoms in total. The Balaban J connectivity index is 3.11. The predicted molar refractivity (Wildman–Crippen MR) is 86.4 cm³/mol. The summed E-state index contributed by atoms with van der Waals surface area (Å²) in [6, 6.07) is -0.956. The predicted octanol–water partition coefficient (Wildman–Crippen LogP) is 2.55. The van der Waals surface area contributed by atoms with Crippen molar-refractivity contribution in [1.82, 2.24) is 5.32 Å². The Hall–Kier alpha value is -1.89. The quantitative estimate of drug-likeness (QED) is 0.748. The second kappa shape index (κ2) is 7.40. The minimum atomic E-state index is -1.06. The lowest BCUT2D eigenvalue weighted by molar-refractivity contribution is -0.140. The summed E-state index contributed by atoms with van der Waals surface area (Å²) in [4.78, 5) is 36.0. The van der Waals surface area contributed by atoms with Crippen LogP contribution in [0.2, 0.25) is 0 Å². The number of thiophene rings is 1. The number of anilines is 1. The smallest absolute Gasteiger partial charge is 0.326 e. The first-order chi connectivity index (χ1) is 10.2. The van der Waals surface area contributed by atoms with E-state index in [0.717, 1.165) is 10.4 Å². The number of aliphatic carboxylic acids is 1. The van der Waals surface area contributed by atoms with Crippen molar-refractivity contribution in [3.05, 3.63) is 16.0 Å². The monoisotopic (exact) mass is 326 g/mol. The van der Waals surface area contributed by atoms with Crippen LogP contribution in [0.3, 0.4) is 0 Å². The lowest BCUT2D eigenvalue weighted by atomic mass is 9.98. The number of amides is 2. The highest BCUT2D eigenvalue weighted by Crippen LogP contribution is 2.32. The zero-order valence-electron chi connectivity index (χ0n) is 13.4. The second-order valence-electron chi connectivity index (χ2n) is 5.34. The van der Waals surface area contributed by atoms with Crippen LogP contribution < -0.4 is 10.6 Å². The largest absolute Gasteiger partial charge is 0.480 e. The number of nitrogens with one attached hydrogen (secondary N) is 2. The van der Waals surface area contributed by atoms with Crippen LogP contribution in [0, 0.1) is 19.8 Å². The number of carboxylic acids is 1. The first-order valence-corrected chi connectivity index (χ1v) is 7.91. The van der Waals surface area contributed by atoms with Crippen molar-refractivity contribution < 1.29 is 19.5 Å². The molecule has 2 unspecified atom stereocenters. The van der Waals surface area contributed by atoms with E-state index in [2.05, 4.69) is 10.6 Å². The average Bonchev–Trinajstić information content (AvgIpc) is 2.68. The van der Waals surface area contributed by atoms with Gasteiger partial charge in [-0.3, -0.25) is 9.59 Å². The molecule has 2 amide bonds. The number of hydrogen-bond acceptors (Lipinski definition) is 4. The van der Waals surface area contributed by atoms with Crippen LogP contribution in [0.5, 0.6) is 0 Å². The van der Waals surface area contributed by atoms with E-state index in [1.807, 2.05) is 13.8 Å². The first kappa shape index (κ1) is 18.2. The third kappa shape index (κ3) is 4.07. The Labute approximate surface area is 133 Å². The van der Waals surface area contributed by atoms with Gasteiger partial charge < -0.3 is 15.7 Å². The summed E-state index contributed by atoms with van der Waals surface area (Å²) in [6.45, 7) is 8.65. The maximum Gasteiger partial charge on any atom is 0.326 e. The molecule has 1 aromatic rings. The summed E-state index contributed by atoms with van der Waals surface area (Å²) in [7, 11) is 0. The summed E-state index contributed by atoms with van der Waals surface area (Å²) < 4.78 is 0. The molecule has 1 rings (SSSR count). The van der Waals surface area contributed by atoms with Crippen LogP contribution in [0.4, 0.5) is 5.00 Å². The molecule has 0 aliphatic carbocycles. The molecule has 0 radical (unpaired) electrons. The standard InChI is InChI=1S/C15H22N2O4S/c1-6-7(2)12(15(20)21)17-13(19)11-8(3)9(4)22-14(11)16-10(5)18/h7,12H,6H2,1-5H3,(H,16,18)(H,17,19)(H,20,21). The summed E-state index contributed by atoms with van der Waals surface area (Å²) in [6.07, 6.45) is 0.636. The van der Waals surface area contributed by atoms with Gasteiger partial charge in [-0.15, -0.1) is 11.3 Å². The normalized spacial score (nSPS) is 13.3. The number of rotatable bonds is 6. The van der Waals surface area contributed by atoms with Gasteiger partial charge in [0, 0.05) is 11.8 Å². The number of aryl methyl sites for hydroxylation is 1. The fourth-order valence-corrected chi connectivity index (χ4v) is 3.15. The Morgan fingerprint density at radius 2 is 1.86 bits per heavy atom. The van der Waals surface area contributed by atoms with Gasteiger partial charge in [0.1, 0.15) is 11.0 Å². The average molecular weight is 326 g/mol. The Morgan fingerprint density at radius 1 is 1.27 bits per heavy atom. The molecule has 122 valence electrons. The Bertz CT molecular complexity index is 595. The van der Waals surface area contributed by atoms with E-state index in [4.69, 9.17) is 0 Å². The molecule has 0 saturated carbocycles. The molecule has 0 bridgehead atoms. The molecular formula is C15H22N2O4S. The van der Waals surface area contributed by atoms with E-state index >= 15 is 0 Å². The van der Waals surface area contributed by atoms with E-state index in [-0.39, 0.29) is 11.8 Å². The molecule has 0 aliphatic rings. The van der Waals surface area contributed by atoms with Crippen LogP contribution in [0.15, 0.2) is 0 Å². The Morgan fingerprint density at radius 3 is 2.32 bits per heavy atom. The minimum Gasteiger partial charge on any atom is -0.480 e. The van der Waals surface area contributed by atoms with Crippen molar-refractivity contribution in [2.75, 3.05) is 5.32 Å². The summed E-state index contributed by atoms with van der Waals surface area (Å²) >= 11 is 1.31. The van der Waals surface area contributed by atoms with Crippen LogP contribution in [0.1, 0.15) is 48.0 Å². The van der Waals surface area contributed by atoms with Crippen molar-refractivity contribution in [2.24, 2.45) is 5.92 Å². The van der Waals surface area contributed by atoms with Gasteiger partial charge in [0.2, 0.25) is 5.91 Å². The van der Waals surface area contributed by atoms with Crippen LogP contribution >= 0.6 is 11.3 Å². The van der Waals surface area contributed by atoms with E-state index in [1.165, 1.54) is 18.3 Å². The lowest BCUT2D eigenvalue weighted by Crippen LogP contribution is -2.45. The highest BCUT2D eigenvalue weighted by Gasteiger charge is 2.28. The molecule has 22 heavy (non-hydrogen) atoms. The molecule has 2 atom stereocenters. The first-order valence-electron chi connectivity index (χ1n) is 7.10. The SMILES string of the molecule is CCC(C)C(NC(=O)c1c(NC(C)=O)sc(C)c1C)C(=O)O. The number of carbonyl (C=O) groups is 3. The van der Waals surface area contributed by atoms with Gasteiger partial charge in [-0.1, -0.05) is 20.3 Å². The third-order valence-electron chi connectivity index (χ3n) is 3.67. The van der Waals surface area contributed by atoms with Gasteiger partial charge in [-0.25, -0.2) is 4.79 Å². The second-order valence-corrected chi connectivity index (χ2v) is 6.57. The highest BCUT2D eigenvalue weighted by atomic mass is 32.1. The maximum absolute atomic E-state index is 12.5. The lowest BCUT2D eigenvalue weighted by Gasteiger charge is -2.20. The van der Waals surface area contributed by atoms with Crippen LogP contribution in [-0.4, -0.2) is 28.9 Å². The summed E-state index contributed by atoms with van der Waals surface area (Å²) in [5.41, 5.74) is 1.09. The van der Waals surface area contributed by atoms with Crippen LogP contribution in [-0.2, 0) is 9.59 Å². The summed E-state index contributed by atoms with van der Waals surface area (Å²) in [5, 5.41) is 14.9. The fourth-order valence-electron chi connectivity index (χ4n) is 2.04. The summed E-state index contributed by atoms with van der Waals surface area (Å²) in [5.74, 6) is -2.00. The molecular weight excluding hydrogens is 304 g/mol. The molecule has 0 aliphatic heterocycles. The third-order valence-corrected chi connectivity index (χ3v) is 4.79. The molecule has 0 fully saturated rings. The van der Waals surface area contributed by atoms with E-state index in [1.54, 1.807) is 13.8 Å². The van der Waals surface area contributed by atoms with Crippen molar-refractivity contribution in [2.45, 2.75) is 47.1 Å². The van der Waals surface area contributed by atoms with Crippen molar-refractivity contribution in [3.63, 3.8) is 0 Å². The Kier molecular flexibility index (Phi) is 6.11.